The predicted octanol–water partition coefficient (Wildman–Crippen LogP) is 3.90. The molecule has 0 N–H and O–H groups in total. The Labute approximate surface area is 141 Å². The Morgan fingerprint density at radius 1 is 0.917 bits per heavy atom. The minimum Gasteiger partial charge on any atom is -0.379 e. The molecule has 1 fully saturated rings. The van der Waals surface area contributed by atoms with Crippen LogP contribution in [-0.2, 0) is 4.74 Å². The van der Waals surface area contributed by atoms with E-state index in [0.717, 1.165) is 60.0 Å². The fourth-order valence-corrected chi connectivity index (χ4v) is 3.52. The van der Waals surface area contributed by atoms with Gasteiger partial charge in [-0.2, -0.15) is 0 Å². The van der Waals surface area contributed by atoms with Gasteiger partial charge in [0, 0.05) is 31.6 Å². The molecule has 0 aromatic heterocycles. The number of Topliss-reactive ketones (excluding diaryl/α,β-unsaturated/α-hetero) is 1. The van der Waals surface area contributed by atoms with Gasteiger partial charge >= 0.3 is 0 Å². The molecule has 0 bridgehead atoms. The van der Waals surface area contributed by atoms with Gasteiger partial charge < -0.3 is 4.74 Å². The van der Waals surface area contributed by atoms with E-state index in [9.17, 15) is 4.79 Å². The molecule has 3 nitrogen and oxygen atoms in total. The highest BCUT2D eigenvalue weighted by Crippen LogP contribution is 2.29. The van der Waals surface area contributed by atoms with Crippen LogP contribution in [0.3, 0.4) is 0 Å². The third-order valence-corrected chi connectivity index (χ3v) is 4.81. The molecule has 0 amide bonds. The molecule has 4 rings (SSSR count). The van der Waals surface area contributed by atoms with E-state index in [0.29, 0.717) is 6.42 Å². The first-order valence-corrected chi connectivity index (χ1v) is 8.57. The van der Waals surface area contributed by atoms with Crippen LogP contribution in [-0.4, -0.2) is 43.5 Å². The number of rotatable bonds is 4. The molecule has 0 atom stereocenters. The summed E-state index contributed by atoms with van der Waals surface area (Å²) in [6, 6.07) is 18.5. The number of morpholine rings is 1. The molecule has 3 heteroatoms. The lowest BCUT2D eigenvalue weighted by molar-refractivity contribution is 0.0370. The van der Waals surface area contributed by atoms with E-state index in [1.807, 2.05) is 24.3 Å². The molecule has 0 spiro atoms. The van der Waals surface area contributed by atoms with E-state index in [2.05, 4.69) is 35.2 Å². The summed E-state index contributed by atoms with van der Waals surface area (Å²) >= 11 is 0. The Hall–Kier alpha value is -2.23. The molecule has 1 aliphatic heterocycles. The Morgan fingerprint density at radius 2 is 1.50 bits per heavy atom. The third-order valence-electron chi connectivity index (χ3n) is 4.81. The summed E-state index contributed by atoms with van der Waals surface area (Å²) in [5, 5.41) is 4.38. The normalized spacial score (nSPS) is 15.8. The van der Waals surface area contributed by atoms with Crippen LogP contribution < -0.4 is 0 Å². The lowest BCUT2D eigenvalue weighted by atomic mass is 9.93. The monoisotopic (exact) mass is 319 g/mol. The van der Waals surface area contributed by atoms with E-state index in [4.69, 9.17) is 4.74 Å². The first-order chi connectivity index (χ1) is 11.8. The van der Waals surface area contributed by atoms with Crippen molar-refractivity contribution < 1.29 is 9.53 Å². The van der Waals surface area contributed by atoms with Crippen molar-refractivity contribution in [1.82, 2.24) is 4.90 Å². The van der Waals surface area contributed by atoms with E-state index in [-0.39, 0.29) is 5.78 Å². The summed E-state index contributed by atoms with van der Waals surface area (Å²) in [5.74, 6) is 0.231. The molecule has 1 heterocycles. The van der Waals surface area contributed by atoms with Crippen molar-refractivity contribution in [2.75, 3.05) is 32.8 Å². The van der Waals surface area contributed by atoms with Crippen LogP contribution in [0.2, 0.25) is 0 Å². The summed E-state index contributed by atoms with van der Waals surface area (Å²) in [4.78, 5) is 15.4. The SMILES string of the molecule is O=C(CCN1CCOCC1)c1c2ccccc2cc2ccccc12. The van der Waals surface area contributed by atoms with Crippen molar-refractivity contribution in [2.45, 2.75) is 6.42 Å². The molecule has 1 aliphatic rings. The number of nitrogens with zero attached hydrogens (tertiary/aromatic N) is 1. The minimum absolute atomic E-state index is 0.231. The summed E-state index contributed by atoms with van der Waals surface area (Å²) in [5.41, 5.74) is 0.872. The van der Waals surface area contributed by atoms with Crippen molar-refractivity contribution in [3.05, 3.63) is 60.2 Å². The highest BCUT2D eigenvalue weighted by molar-refractivity contribution is 6.18. The van der Waals surface area contributed by atoms with Crippen molar-refractivity contribution in [1.29, 1.82) is 0 Å². The standard InChI is InChI=1S/C21H21NO2/c23-20(9-10-22-11-13-24-14-12-22)21-18-7-3-1-5-16(18)15-17-6-2-4-8-19(17)21/h1-8,15H,9-14H2. The molecule has 1 saturated heterocycles. The number of carbonyl (C=O) groups is 1. The number of benzene rings is 3. The van der Waals surface area contributed by atoms with E-state index >= 15 is 0 Å². The molecule has 0 aliphatic carbocycles. The number of hydrogen-bond donors (Lipinski definition) is 0. The number of ketones is 1. The summed E-state index contributed by atoms with van der Waals surface area (Å²) < 4.78 is 5.38. The van der Waals surface area contributed by atoms with Crippen molar-refractivity contribution in [3.8, 4) is 0 Å². The topological polar surface area (TPSA) is 29.5 Å². The van der Waals surface area contributed by atoms with Gasteiger partial charge in [0.15, 0.2) is 5.78 Å². The molecular formula is C21H21NO2. The van der Waals surface area contributed by atoms with Gasteiger partial charge in [0.1, 0.15) is 0 Å². The first-order valence-electron chi connectivity index (χ1n) is 8.57. The second-order valence-electron chi connectivity index (χ2n) is 6.32. The molecule has 0 radical (unpaired) electrons. The van der Waals surface area contributed by atoms with Crippen molar-refractivity contribution in [3.63, 3.8) is 0 Å². The van der Waals surface area contributed by atoms with Gasteiger partial charge in [0.25, 0.3) is 0 Å². The minimum atomic E-state index is 0.231. The highest BCUT2D eigenvalue weighted by atomic mass is 16.5. The van der Waals surface area contributed by atoms with Gasteiger partial charge in [-0.05, 0) is 27.6 Å². The molecule has 0 unspecified atom stereocenters. The summed E-state index contributed by atoms with van der Waals surface area (Å²) in [6.45, 7) is 4.18. The van der Waals surface area contributed by atoms with Crippen LogP contribution in [0, 0.1) is 0 Å². The Bertz CT molecular complexity index is 827. The van der Waals surface area contributed by atoms with Crippen LogP contribution in [0.25, 0.3) is 21.5 Å². The fraction of sp³-hybridized carbons (Fsp3) is 0.286. The molecular weight excluding hydrogens is 298 g/mol. The number of carbonyl (C=O) groups excluding carboxylic acids is 1. The van der Waals surface area contributed by atoms with E-state index < -0.39 is 0 Å². The van der Waals surface area contributed by atoms with Crippen LogP contribution in [0.1, 0.15) is 16.8 Å². The summed E-state index contributed by atoms with van der Waals surface area (Å²) in [7, 11) is 0. The highest BCUT2D eigenvalue weighted by Gasteiger charge is 2.17. The maximum atomic E-state index is 13.1. The second kappa shape index (κ2) is 6.71. The number of fused-ring (bicyclic) bond motifs is 2. The quantitative estimate of drug-likeness (QED) is 0.539. The van der Waals surface area contributed by atoms with Crippen LogP contribution in [0.15, 0.2) is 54.6 Å². The smallest absolute Gasteiger partial charge is 0.165 e. The van der Waals surface area contributed by atoms with Crippen LogP contribution in [0.5, 0.6) is 0 Å². The lowest BCUT2D eigenvalue weighted by Gasteiger charge is -2.26. The van der Waals surface area contributed by atoms with Gasteiger partial charge in [-0.15, -0.1) is 0 Å². The molecule has 122 valence electrons. The Balaban J connectivity index is 1.71. The molecule has 0 saturated carbocycles. The second-order valence-corrected chi connectivity index (χ2v) is 6.32. The van der Waals surface area contributed by atoms with Crippen LogP contribution in [0.4, 0.5) is 0 Å². The van der Waals surface area contributed by atoms with Gasteiger partial charge in [-0.1, -0.05) is 48.5 Å². The third kappa shape index (κ3) is 2.93. The Kier molecular flexibility index (Phi) is 4.28. The van der Waals surface area contributed by atoms with Crippen molar-refractivity contribution >= 4 is 27.3 Å². The average Bonchev–Trinajstić information content (AvgIpc) is 2.65. The number of ether oxygens (including phenoxy) is 1. The van der Waals surface area contributed by atoms with Gasteiger partial charge in [-0.25, -0.2) is 0 Å². The van der Waals surface area contributed by atoms with E-state index in [1.165, 1.54) is 0 Å². The molecule has 3 aromatic rings. The van der Waals surface area contributed by atoms with Crippen molar-refractivity contribution in [2.24, 2.45) is 0 Å². The molecule has 24 heavy (non-hydrogen) atoms. The molecule has 3 aromatic carbocycles. The van der Waals surface area contributed by atoms with Gasteiger partial charge in [0.2, 0.25) is 0 Å². The largest absolute Gasteiger partial charge is 0.379 e. The zero-order valence-electron chi connectivity index (χ0n) is 13.7. The lowest BCUT2D eigenvalue weighted by Crippen LogP contribution is -2.37. The van der Waals surface area contributed by atoms with Crippen LogP contribution >= 0.6 is 0 Å². The zero-order valence-corrected chi connectivity index (χ0v) is 13.7. The van der Waals surface area contributed by atoms with E-state index in [1.54, 1.807) is 0 Å². The average molecular weight is 319 g/mol. The Morgan fingerprint density at radius 3 is 2.12 bits per heavy atom. The van der Waals surface area contributed by atoms with Gasteiger partial charge in [0.05, 0.1) is 13.2 Å². The predicted molar refractivity (Wildman–Crippen MR) is 97.7 cm³/mol. The summed E-state index contributed by atoms with van der Waals surface area (Å²) in [6.07, 6.45) is 0.554. The zero-order chi connectivity index (χ0) is 16.4. The maximum absolute atomic E-state index is 13.1. The first kappa shape index (κ1) is 15.3. The number of hydrogen-bond acceptors (Lipinski definition) is 3. The fourth-order valence-electron chi connectivity index (χ4n) is 3.52. The van der Waals surface area contributed by atoms with Gasteiger partial charge in [-0.3, -0.25) is 9.69 Å². The maximum Gasteiger partial charge on any atom is 0.165 e.